The van der Waals surface area contributed by atoms with Crippen molar-refractivity contribution in [2.24, 2.45) is 11.8 Å². The van der Waals surface area contributed by atoms with Gasteiger partial charge in [-0.25, -0.2) is 0 Å². The normalized spacial score (nSPS) is 19.3. The van der Waals surface area contributed by atoms with Crippen LogP contribution in [0, 0.1) is 11.8 Å². The van der Waals surface area contributed by atoms with Gasteiger partial charge in [-0.05, 0) is 36.5 Å². The lowest BCUT2D eigenvalue weighted by Gasteiger charge is -2.27. The van der Waals surface area contributed by atoms with Crippen LogP contribution in [0.5, 0.6) is 0 Å². The van der Waals surface area contributed by atoms with Gasteiger partial charge in [0.25, 0.3) is 17.7 Å². The average Bonchev–Trinajstić information content (AvgIpc) is 2.89. The van der Waals surface area contributed by atoms with E-state index < -0.39 is 29.7 Å². The lowest BCUT2D eigenvalue weighted by Crippen LogP contribution is -2.54. The molecule has 8 nitrogen and oxygen atoms in total. The Morgan fingerprint density at radius 1 is 1.03 bits per heavy atom. The number of nitrogens with one attached hydrogen (secondary N) is 2. The molecule has 0 aromatic heterocycles. The number of imide groups is 2. The van der Waals surface area contributed by atoms with Gasteiger partial charge in [-0.2, -0.15) is 0 Å². The van der Waals surface area contributed by atoms with Crippen molar-refractivity contribution in [3.8, 4) is 0 Å². The highest BCUT2D eigenvalue weighted by molar-refractivity contribution is 6.24. The highest BCUT2D eigenvalue weighted by atomic mass is 16.2. The number of hydrogen-bond donors (Lipinski definition) is 2. The van der Waals surface area contributed by atoms with Gasteiger partial charge < -0.3 is 5.32 Å². The summed E-state index contributed by atoms with van der Waals surface area (Å²) in [7, 11) is 0. The molecule has 8 heteroatoms. The Morgan fingerprint density at radius 2 is 1.66 bits per heavy atom. The molecule has 2 aliphatic rings. The molecule has 1 fully saturated rings. The Kier molecular flexibility index (Phi) is 5.55. The first-order valence-corrected chi connectivity index (χ1v) is 9.78. The molecular formula is C21H25N3O5. The Bertz CT molecular complexity index is 898. The minimum atomic E-state index is -1.02. The molecule has 0 bridgehead atoms. The van der Waals surface area contributed by atoms with Crippen LogP contribution in [0.4, 0.5) is 0 Å². The molecule has 2 N–H and O–H groups in total. The zero-order chi connectivity index (χ0) is 21.5. The van der Waals surface area contributed by atoms with Crippen molar-refractivity contribution in [3.05, 3.63) is 34.9 Å². The molecule has 0 aliphatic carbocycles. The van der Waals surface area contributed by atoms with Crippen molar-refractivity contribution >= 4 is 29.5 Å². The third-order valence-electron chi connectivity index (χ3n) is 5.44. The lowest BCUT2D eigenvalue weighted by molar-refractivity contribution is -0.136. The SMILES string of the molecule is CC(C)C(NC(=O)c1ccc2c(c1)C(=O)N(C1CCC(=O)NC1=O)C2=O)C(C)C. The topological polar surface area (TPSA) is 113 Å². The Balaban J connectivity index is 1.85. The van der Waals surface area contributed by atoms with Crippen LogP contribution in [0.15, 0.2) is 18.2 Å². The van der Waals surface area contributed by atoms with Crippen LogP contribution in [0.1, 0.15) is 71.6 Å². The van der Waals surface area contributed by atoms with Crippen LogP contribution in [0.25, 0.3) is 0 Å². The van der Waals surface area contributed by atoms with Crippen molar-refractivity contribution in [3.63, 3.8) is 0 Å². The Morgan fingerprint density at radius 3 is 2.24 bits per heavy atom. The number of hydrogen-bond acceptors (Lipinski definition) is 5. The number of carbonyl (C=O) groups is 5. The summed E-state index contributed by atoms with van der Waals surface area (Å²) < 4.78 is 0. The molecule has 1 saturated heterocycles. The smallest absolute Gasteiger partial charge is 0.262 e. The molecule has 5 amide bonds. The molecule has 154 valence electrons. The molecular weight excluding hydrogens is 374 g/mol. The van der Waals surface area contributed by atoms with Crippen LogP contribution in [0.2, 0.25) is 0 Å². The second kappa shape index (κ2) is 7.77. The maximum Gasteiger partial charge on any atom is 0.262 e. The van der Waals surface area contributed by atoms with Crippen molar-refractivity contribution in [2.75, 3.05) is 0 Å². The van der Waals surface area contributed by atoms with E-state index in [0.717, 1.165) is 4.90 Å². The quantitative estimate of drug-likeness (QED) is 0.729. The standard InChI is InChI=1S/C21H25N3O5/c1-10(2)17(11(3)4)23-18(26)12-5-6-13-14(9-12)21(29)24(20(13)28)15-7-8-16(25)22-19(15)27/h5-6,9-11,15,17H,7-8H2,1-4H3,(H,23,26)(H,22,25,27). The van der Waals surface area contributed by atoms with Gasteiger partial charge in [0.2, 0.25) is 11.8 Å². The summed E-state index contributed by atoms with van der Waals surface area (Å²) >= 11 is 0. The van der Waals surface area contributed by atoms with Gasteiger partial charge in [-0.3, -0.25) is 34.2 Å². The monoisotopic (exact) mass is 399 g/mol. The zero-order valence-electron chi connectivity index (χ0n) is 16.9. The van der Waals surface area contributed by atoms with E-state index in [-0.39, 0.29) is 53.3 Å². The van der Waals surface area contributed by atoms with Gasteiger partial charge in [0.1, 0.15) is 6.04 Å². The van der Waals surface area contributed by atoms with Crippen LogP contribution >= 0.6 is 0 Å². The third-order valence-corrected chi connectivity index (χ3v) is 5.44. The first-order valence-electron chi connectivity index (χ1n) is 9.78. The highest BCUT2D eigenvalue weighted by Crippen LogP contribution is 2.28. The highest BCUT2D eigenvalue weighted by Gasteiger charge is 2.44. The number of rotatable bonds is 5. The summed E-state index contributed by atoms with van der Waals surface area (Å²) in [5.41, 5.74) is 0.528. The van der Waals surface area contributed by atoms with Crippen LogP contribution in [-0.2, 0) is 9.59 Å². The van der Waals surface area contributed by atoms with Gasteiger partial charge >= 0.3 is 0 Å². The van der Waals surface area contributed by atoms with Gasteiger partial charge in [-0.15, -0.1) is 0 Å². The van der Waals surface area contributed by atoms with E-state index in [1.54, 1.807) is 0 Å². The number of amides is 5. The van der Waals surface area contributed by atoms with Crippen molar-refractivity contribution in [1.29, 1.82) is 0 Å². The largest absolute Gasteiger partial charge is 0.349 e. The molecule has 1 aromatic carbocycles. The van der Waals surface area contributed by atoms with E-state index in [1.165, 1.54) is 18.2 Å². The zero-order valence-corrected chi connectivity index (χ0v) is 16.9. The van der Waals surface area contributed by atoms with Crippen molar-refractivity contribution < 1.29 is 24.0 Å². The molecule has 2 heterocycles. The fourth-order valence-electron chi connectivity index (χ4n) is 3.95. The molecule has 29 heavy (non-hydrogen) atoms. The molecule has 0 saturated carbocycles. The second-order valence-corrected chi connectivity index (χ2v) is 8.19. The predicted molar refractivity (Wildman–Crippen MR) is 104 cm³/mol. The van der Waals surface area contributed by atoms with E-state index in [2.05, 4.69) is 10.6 Å². The van der Waals surface area contributed by atoms with Gasteiger partial charge in [-0.1, -0.05) is 27.7 Å². The van der Waals surface area contributed by atoms with Crippen LogP contribution in [0.3, 0.4) is 0 Å². The lowest BCUT2D eigenvalue weighted by atomic mass is 9.93. The van der Waals surface area contributed by atoms with Crippen LogP contribution < -0.4 is 10.6 Å². The van der Waals surface area contributed by atoms with Gasteiger partial charge in [0.05, 0.1) is 11.1 Å². The third kappa shape index (κ3) is 3.79. The summed E-state index contributed by atoms with van der Waals surface area (Å²) in [5, 5.41) is 5.14. The number of carbonyl (C=O) groups excluding carboxylic acids is 5. The number of piperidine rings is 1. The maximum atomic E-state index is 12.9. The molecule has 2 aliphatic heterocycles. The number of fused-ring (bicyclic) bond motifs is 1. The molecule has 3 rings (SSSR count). The average molecular weight is 399 g/mol. The van der Waals surface area contributed by atoms with Crippen molar-refractivity contribution in [2.45, 2.75) is 52.6 Å². The fourth-order valence-corrected chi connectivity index (χ4v) is 3.95. The molecule has 1 atom stereocenters. The van der Waals surface area contributed by atoms with Crippen LogP contribution in [-0.4, -0.2) is 46.5 Å². The minimum Gasteiger partial charge on any atom is -0.349 e. The first-order chi connectivity index (χ1) is 13.6. The summed E-state index contributed by atoms with van der Waals surface area (Å²) in [5.74, 6) is -2.15. The summed E-state index contributed by atoms with van der Waals surface area (Å²) in [6, 6.07) is 3.28. The number of nitrogens with zero attached hydrogens (tertiary/aromatic N) is 1. The maximum absolute atomic E-state index is 12.9. The minimum absolute atomic E-state index is 0.0342. The molecule has 0 spiro atoms. The first kappa shape index (κ1) is 20.7. The van der Waals surface area contributed by atoms with E-state index >= 15 is 0 Å². The predicted octanol–water partition coefficient (Wildman–Crippen LogP) is 1.50. The summed E-state index contributed by atoms with van der Waals surface area (Å²) in [6.45, 7) is 8.09. The van der Waals surface area contributed by atoms with Gasteiger partial charge in [0, 0.05) is 18.0 Å². The molecule has 1 aromatic rings. The second-order valence-electron chi connectivity index (χ2n) is 8.19. The fraction of sp³-hybridized carbons (Fsp3) is 0.476. The van der Waals surface area contributed by atoms with Crippen molar-refractivity contribution in [1.82, 2.24) is 15.5 Å². The van der Waals surface area contributed by atoms with E-state index in [0.29, 0.717) is 0 Å². The summed E-state index contributed by atoms with van der Waals surface area (Å²) in [4.78, 5) is 62.6. The van der Waals surface area contributed by atoms with E-state index in [9.17, 15) is 24.0 Å². The Hall–Kier alpha value is -3.03. The number of benzene rings is 1. The Labute approximate surface area is 169 Å². The summed E-state index contributed by atoms with van der Waals surface area (Å²) in [6.07, 6.45) is 0.150. The van der Waals surface area contributed by atoms with Gasteiger partial charge in [0.15, 0.2) is 0 Å². The van der Waals surface area contributed by atoms with E-state index in [1.807, 2.05) is 27.7 Å². The molecule has 0 radical (unpaired) electrons. The molecule has 1 unspecified atom stereocenters. The van der Waals surface area contributed by atoms with E-state index in [4.69, 9.17) is 0 Å².